The van der Waals surface area contributed by atoms with Gasteiger partial charge in [0.25, 0.3) is 5.91 Å². The van der Waals surface area contributed by atoms with Crippen LogP contribution in [0.1, 0.15) is 25.8 Å². The molecule has 24 heavy (non-hydrogen) atoms. The SMILES string of the molecule is CCCc1ccc(OCCNC(=O)[C@H](C)Oc2ccccc2)cc1. The van der Waals surface area contributed by atoms with Gasteiger partial charge < -0.3 is 14.8 Å². The average molecular weight is 327 g/mol. The molecule has 4 nitrogen and oxygen atoms in total. The summed E-state index contributed by atoms with van der Waals surface area (Å²) in [5.41, 5.74) is 1.31. The van der Waals surface area contributed by atoms with Crippen molar-refractivity contribution >= 4 is 5.91 Å². The Morgan fingerprint density at radius 1 is 1.04 bits per heavy atom. The first-order valence-corrected chi connectivity index (χ1v) is 8.40. The number of hydrogen-bond acceptors (Lipinski definition) is 3. The molecule has 0 fully saturated rings. The molecule has 0 spiro atoms. The van der Waals surface area contributed by atoms with Crippen LogP contribution in [0.2, 0.25) is 0 Å². The van der Waals surface area contributed by atoms with E-state index in [1.54, 1.807) is 6.92 Å². The van der Waals surface area contributed by atoms with Crippen LogP contribution in [0.25, 0.3) is 0 Å². The molecule has 0 aliphatic rings. The Morgan fingerprint density at radius 2 is 1.75 bits per heavy atom. The van der Waals surface area contributed by atoms with E-state index in [0.29, 0.717) is 18.9 Å². The zero-order valence-corrected chi connectivity index (χ0v) is 14.3. The molecule has 2 aromatic carbocycles. The van der Waals surface area contributed by atoms with Gasteiger partial charge in [0.2, 0.25) is 0 Å². The van der Waals surface area contributed by atoms with Gasteiger partial charge in [-0.3, -0.25) is 4.79 Å². The van der Waals surface area contributed by atoms with Crippen molar-refractivity contribution in [3.63, 3.8) is 0 Å². The Hall–Kier alpha value is -2.49. The smallest absolute Gasteiger partial charge is 0.260 e. The molecule has 0 saturated carbocycles. The normalized spacial score (nSPS) is 11.6. The molecule has 1 amide bonds. The first kappa shape index (κ1) is 17.9. The van der Waals surface area contributed by atoms with Crippen LogP contribution in [0.15, 0.2) is 54.6 Å². The van der Waals surface area contributed by atoms with E-state index in [4.69, 9.17) is 9.47 Å². The number of rotatable bonds is 9. The molecular formula is C20H25NO3. The number of aryl methyl sites for hydroxylation is 1. The molecule has 0 bridgehead atoms. The zero-order chi connectivity index (χ0) is 17.2. The lowest BCUT2D eigenvalue weighted by molar-refractivity contribution is -0.127. The molecule has 1 atom stereocenters. The number of benzene rings is 2. The van der Waals surface area contributed by atoms with Gasteiger partial charge in [-0.2, -0.15) is 0 Å². The van der Waals surface area contributed by atoms with Gasteiger partial charge in [-0.1, -0.05) is 43.7 Å². The topological polar surface area (TPSA) is 47.6 Å². The van der Waals surface area contributed by atoms with Crippen molar-refractivity contribution in [2.45, 2.75) is 32.8 Å². The molecule has 128 valence electrons. The molecule has 2 aromatic rings. The van der Waals surface area contributed by atoms with Crippen LogP contribution in [0, 0.1) is 0 Å². The third kappa shape index (κ3) is 5.95. The van der Waals surface area contributed by atoms with Gasteiger partial charge in [-0.05, 0) is 43.2 Å². The third-order valence-electron chi connectivity index (χ3n) is 3.56. The lowest BCUT2D eigenvalue weighted by Gasteiger charge is -2.15. The molecule has 0 heterocycles. The van der Waals surface area contributed by atoms with E-state index in [2.05, 4.69) is 24.4 Å². The van der Waals surface area contributed by atoms with Crippen LogP contribution < -0.4 is 14.8 Å². The molecule has 4 heteroatoms. The molecule has 0 radical (unpaired) electrons. The van der Waals surface area contributed by atoms with Crippen molar-refractivity contribution in [1.29, 1.82) is 0 Å². The summed E-state index contributed by atoms with van der Waals surface area (Å²) in [4.78, 5) is 12.0. The summed E-state index contributed by atoms with van der Waals surface area (Å²) in [6.07, 6.45) is 1.67. The predicted octanol–water partition coefficient (Wildman–Crippen LogP) is 3.60. The summed E-state index contributed by atoms with van der Waals surface area (Å²) in [5.74, 6) is 1.35. The summed E-state index contributed by atoms with van der Waals surface area (Å²) in [6.45, 7) is 4.76. The van der Waals surface area contributed by atoms with Gasteiger partial charge in [0.05, 0.1) is 6.54 Å². The van der Waals surface area contributed by atoms with E-state index in [1.165, 1.54) is 5.56 Å². The monoisotopic (exact) mass is 327 g/mol. The van der Waals surface area contributed by atoms with Gasteiger partial charge in [0.1, 0.15) is 18.1 Å². The van der Waals surface area contributed by atoms with Crippen LogP contribution in [-0.2, 0) is 11.2 Å². The first-order chi connectivity index (χ1) is 11.7. The highest BCUT2D eigenvalue weighted by Crippen LogP contribution is 2.13. The van der Waals surface area contributed by atoms with E-state index in [9.17, 15) is 4.79 Å². The van der Waals surface area contributed by atoms with Gasteiger partial charge in [0.15, 0.2) is 6.10 Å². The lowest BCUT2D eigenvalue weighted by Crippen LogP contribution is -2.38. The van der Waals surface area contributed by atoms with Crippen LogP contribution in [0.3, 0.4) is 0 Å². The standard InChI is InChI=1S/C20H25NO3/c1-3-7-17-10-12-18(13-11-17)23-15-14-21-20(22)16(2)24-19-8-5-4-6-9-19/h4-6,8-13,16H,3,7,14-15H2,1-2H3,(H,21,22)/t16-/m0/s1. The Balaban J connectivity index is 1.66. The highest BCUT2D eigenvalue weighted by molar-refractivity contribution is 5.80. The Labute approximate surface area is 143 Å². The third-order valence-corrected chi connectivity index (χ3v) is 3.56. The van der Waals surface area contributed by atoms with Gasteiger partial charge in [-0.25, -0.2) is 0 Å². The van der Waals surface area contributed by atoms with E-state index in [0.717, 1.165) is 18.6 Å². The minimum Gasteiger partial charge on any atom is -0.492 e. The molecule has 1 N–H and O–H groups in total. The fourth-order valence-corrected chi connectivity index (χ4v) is 2.28. The van der Waals surface area contributed by atoms with Crippen molar-refractivity contribution in [2.75, 3.05) is 13.2 Å². The molecule has 0 saturated heterocycles. The van der Waals surface area contributed by atoms with E-state index >= 15 is 0 Å². The Bertz CT molecular complexity index is 611. The first-order valence-electron chi connectivity index (χ1n) is 8.40. The quantitative estimate of drug-likeness (QED) is 0.716. The number of hydrogen-bond donors (Lipinski definition) is 1. The molecule has 0 aliphatic heterocycles. The number of para-hydroxylation sites is 1. The highest BCUT2D eigenvalue weighted by Gasteiger charge is 2.13. The Morgan fingerprint density at radius 3 is 2.42 bits per heavy atom. The van der Waals surface area contributed by atoms with Crippen molar-refractivity contribution in [2.24, 2.45) is 0 Å². The maximum atomic E-state index is 12.0. The van der Waals surface area contributed by atoms with Crippen LogP contribution in [0.4, 0.5) is 0 Å². The van der Waals surface area contributed by atoms with Crippen LogP contribution >= 0.6 is 0 Å². The Kier molecular flexibility index (Phi) is 7.15. The fourth-order valence-electron chi connectivity index (χ4n) is 2.28. The maximum absolute atomic E-state index is 12.0. The zero-order valence-electron chi connectivity index (χ0n) is 14.3. The summed E-state index contributed by atoms with van der Waals surface area (Å²) < 4.78 is 11.2. The number of carbonyl (C=O) groups excluding carboxylic acids is 1. The maximum Gasteiger partial charge on any atom is 0.260 e. The molecule has 0 aliphatic carbocycles. The van der Waals surface area contributed by atoms with Crippen molar-refractivity contribution in [1.82, 2.24) is 5.32 Å². The number of amides is 1. The predicted molar refractivity (Wildman–Crippen MR) is 95.5 cm³/mol. The second kappa shape index (κ2) is 9.60. The van der Waals surface area contributed by atoms with E-state index in [-0.39, 0.29) is 5.91 Å². The summed E-state index contributed by atoms with van der Waals surface area (Å²) in [7, 11) is 0. The number of carbonyl (C=O) groups is 1. The second-order valence-corrected chi connectivity index (χ2v) is 5.61. The van der Waals surface area contributed by atoms with Gasteiger partial charge in [0, 0.05) is 0 Å². The minimum atomic E-state index is -0.541. The molecular weight excluding hydrogens is 302 g/mol. The van der Waals surface area contributed by atoms with Gasteiger partial charge in [-0.15, -0.1) is 0 Å². The lowest BCUT2D eigenvalue weighted by atomic mass is 10.1. The summed E-state index contributed by atoms with van der Waals surface area (Å²) >= 11 is 0. The van der Waals surface area contributed by atoms with Crippen LogP contribution in [0.5, 0.6) is 11.5 Å². The van der Waals surface area contributed by atoms with E-state index in [1.807, 2.05) is 42.5 Å². The highest BCUT2D eigenvalue weighted by atomic mass is 16.5. The van der Waals surface area contributed by atoms with E-state index < -0.39 is 6.10 Å². The van der Waals surface area contributed by atoms with Crippen LogP contribution in [-0.4, -0.2) is 25.2 Å². The van der Waals surface area contributed by atoms with Gasteiger partial charge >= 0.3 is 0 Å². The average Bonchev–Trinajstić information content (AvgIpc) is 2.61. The van der Waals surface area contributed by atoms with Crippen molar-refractivity contribution in [3.05, 3.63) is 60.2 Å². The molecule has 0 aromatic heterocycles. The largest absolute Gasteiger partial charge is 0.492 e. The van der Waals surface area contributed by atoms with Crippen molar-refractivity contribution in [3.8, 4) is 11.5 Å². The van der Waals surface area contributed by atoms with Crippen molar-refractivity contribution < 1.29 is 14.3 Å². The number of nitrogens with one attached hydrogen (secondary N) is 1. The molecule has 2 rings (SSSR count). The minimum absolute atomic E-state index is 0.152. The molecule has 0 unspecified atom stereocenters. The second-order valence-electron chi connectivity index (χ2n) is 5.61. The number of ether oxygens (including phenoxy) is 2. The summed E-state index contributed by atoms with van der Waals surface area (Å²) in [5, 5.41) is 2.82. The fraction of sp³-hybridized carbons (Fsp3) is 0.350. The summed E-state index contributed by atoms with van der Waals surface area (Å²) in [6, 6.07) is 17.4.